The van der Waals surface area contributed by atoms with Crippen molar-refractivity contribution in [2.45, 2.75) is 18.0 Å². The lowest BCUT2D eigenvalue weighted by Gasteiger charge is -2.21. The van der Waals surface area contributed by atoms with Gasteiger partial charge in [0.25, 0.3) is 5.91 Å². The van der Waals surface area contributed by atoms with Crippen LogP contribution in [0.4, 0.5) is 4.39 Å². The zero-order valence-electron chi connectivity index (χ0n) is 17.5. The molecule has 2 aromatic heterocycles. The van der Waals surface area contributed by atoms with Crippen LogP contribution in [0.1, 0.15) is 16.7 Å². The third-order valence-corrected chi connectivity index (χ3v) is 6.99. The van der Waals surface area contributed by atoms with Crippen LogP contribution >= 0.6 is 23.1 Å². The quantitative estimate of drug-likeness (QED) is 0.177. The average Bonchev–Trinajstić information content (AvgIpc) is 3.38. The van der Waals surface area contributed by atoms with Crippen LogP contribution in [0.3, 0.4) is 0 Å². The van der Waals surface area contributed by atoms with Crippen molar-refractivity contribution in [2.75, 3.05) is 5.75 Å². The van der Waals surface area contributed by atoms with Crippen LogP contribution in [0.25, 0.3) is 21.8 Å². The summed E-state index contributed by atoms with van der Waals surface area (Å²) >= 11 is 2.93. The number of nitrogens with one attached hydrogen (secondary N) is 1. The summed E-state index contributed by atoms with van der Waals surface area (Å²) < 4.78 is 13.0. The van der Waals surface area contributed by atoms with Crippen LogP contribution in [-0.4, -0.2) is 27.8 Å². The molecule has 2 heterocycles. The van der Waals surface area contributed by atoms with Crippen molar-refractivity contribution in [3.63, 3.8) is 0 Å². The number of hydrogen-bond acceptors (Lipinski definition) is 6. The van der Waals surface area contributed by atoms with Crippen molar-refractivity contribution >= 4 is 35.2 Å². The largest absolute Gasteiger partial charge is 0.272 e. The molecule has 0 fully saturated rings. The first-order valence-corrected chi connectivity index (χ1v) is 12.3. The highest BCUT2D eigenvalue weighted by atomic mass is 32.2. The molecule has 5 rings (SSSR count). The number of carbonyl (C=O) groups excluding carboxylic acids is 1. The molecular formula is C25H19FN4OS2. The molecule has 0 unspecified atom stereocenters. The number of thioether (sulfide) groups is 1. The number of carbonyl (C=O) groups is 1. The number of rotatable bonds is 6. The molecule has 8 heteroatoms. The molecule has 0 atom stereocenters. The molecule has 5 nitrogen and oxygen atoms in total. The second-order valence-corrected chi connectivity index (χ2v) is 9.34. The molecular weight excluding hydrogens is 455 g/mol. The minimum Gasteiger partial charge on any atom is -0.272 e. The number of aryl methyl sites for hydroxylation is 1. The Balaban J connectivity index is 1.35. The summed E-state index contributed by atoms with van der Waals surface area (Å²) in [6.07, 6.45) is 3.33. The molecule has 1 amide bonds. The van der Waals surface area contributed by atoms with Crippen LogP contribution < -0.4 is 5.43 Å². The van der Waals surface area contributed by atoms with Gasteiger partial charge in [-0.2, -0.15) is 5.10 Å². The number of aromatic nitrogens is 2. The number of thiophene rings is 1. The van der Waals surface area contributed by atoms with Gasteiger partial charge in [0.2, 0.25) is 0 Å². The Bertz CT molecular complexity index is 1320. The Kier molecular flexibility index (Phi) is 6.28. The molecule has 0 saturated heterocycles. The summed E-state index contributed by atoms with van der Waals surface area (Å²) in [5, 5.41) is 6.55. The fourth-order valence-electron chi connectivity index (χ4n) is 3.72. The molecule has 1 aliphatic carbocycles. The summed E-state index contributed by atoms with van der Waals surface area (Å²) in [5.74, 6) is -0.453. The van der Waals surface area contributed by atoms with E-state index in [1.807, 2.05) is 17.5 Å². The van der Waals surface area contributed by atoms with E-state index >= 15 is 0 Å². The average molecular weight is 475 g/mol. The van der Waals surface area contributed by atoms with Gasteiger partial charge in [-0.3, -0.25) is 4.79 Å². The predicted molar refractivity (Wildman–Crippen MR) is 131 cm³/mol. The maximum atomic E-state index is 13.0. The second-order valence-electron chi connectivity index (χ2n) is 7.45. The van der Waals surface area contributed by atoms with Gasteiger partial charge in [0.05, 0.1) is 28.2 Å². The van der Waals surface area contributed by atoms with Crippen molar-refractivity contribution in [3.05, 3.63) is 88.6 Å². The lowest BCUT2D eigenvalue weighted by atomic mass is 9.88. The van der Waals surface area contributed by atoms with Crippen molar-refractivity contribution < 1.29 is 9.18 Å². The van der Waals surface area contributed by atoms with E-state index in [1.165, 1.54) is 35.7 Å². The van der Waals surface area contributed by atoms with E-state index in [2.05, 4.69) is 34.8 Å². The van der Waals surface area contributed by atoms with Gasteiger partial charge in [0.15, 0.2) is 5.16 Å². The summed E-state index contributed by atoms with van der Waals surface area (Å²) in [6.45, 7) is 0. The van der Waals surface area contributed by atoms with Gasteiger partial charge in [-0.25, -0.2) is 19.8 Å². The number of benzene rings is 2. The van der Waals surface area contributed by atoms with E-state index in [9.17, 15) is 9.18 Å². The number of amides is 1. The Morgan fingerprint density at radius 2 is 1.88 bits per heavy atom. The molecule has 33 heavy (non-hydrogen) atoms. The number of hydrogen-bond donors (Lipinski definition) is 1. The van der Waals surface area contributed by atoms with Crippen LogP contribution in [0.15, 0.2) is 76.3 Å². The lowest BCUT2D eigenvalue weighted by molar-refractivity contribution is -0.118. The molecule has 2 aromatic carbocycles. The van der Waals surface area contributed by atoms with Gasteiger partial charge < -0.3 is 0 Å². The van der Waals surface area contributed by atoms with Crippen LogP contribution in [0.5, 0.6) is 0 Å². The van der Waals surface area contributed by atoms with E-state index < -0.39 is 0 Å². The summed E-state index contributed by atoms with van der Waals surface area (Å²) in [7, 11) is 0. The fourth-order valence-corrected chi connectivity index (χ4v) is 5.10. The minimum absolute atomic E-state index is 0.130. The molecule has 0 radical (unpaired) electrons. The van der Waals surface area contributed by atoms with Crippen molar-refractivity contribution in [1.82, 2.24) is 15.4 Å². The van der Waals surface area contributed by atoms with Crippen molar-refractivity contribution in [2.24, 2.45) is 5.10 Å². The summed E-state index contributed by atoms with van der Waals surface area (Å²) in [6, 6.07) is 18.3. The molecule has 0 spiro atoms. The predicted octanol–water partition coefficient (Wildman–Crippen LogP) is 5.35. The first-order chi connectivity index (χ1) is 16.2. The summed E-state index contributed by atoms with van der Waals surface area (Å²) in [4.78, 5) is 23.1. The van der Waals surface area contributed by atoms with Gasteiger partial charge in [-0.05, 0) is 47.5 Å². The number of halogens is 1. The lowest BCUT2D eigenvalue weighted by Crippen LogP contribution is -2.20. The molecule has 0 aliphatic heterocycles. The highest BCUT2D eigenvalue weighted by Gasteiger charge is 2.23. The van der Waals surface area contributed by atoms with Crippen LogP contribution in [0, 0.1) is 5.82 Å². The van der Waals surface area contributed by atoms with Crippen LogP contribution in [0.2, 0.25) is 0 Å². The molecule has 1 N–H and O–H groups in total. The first-order valence-electron chi connectivity index (χ1n) is 10.4. The van der Waals surface area contributed by atoms with Crippen LogP contribution in [-0.2, 0) is 17.6 Å². The standard InChI is InChI=1S/C25H19FN4OS2/c26-18-10-7-16(8-11-18)14-27-30-22(31)15-33-25-28-23-19-5-2-1-4-17(19)9-12-20(23)24(29-25)21-6-3-13-32-21/h1-8,10-11,13-14H,9,12,15H2,(H,30,31)/b27-14+. The Labute approximate surface area is 198 Å². The SMILES string of the molecule is O=C(CSc1nc(-c2cccs2)c2c(n1)-c1ccccc1CC2)N/N=C/c1ccc(F)cc1. The Morgan fingerprint density at radius 3 is 2.70 bits per heavy atom. The van der Waals surface area contributed by atoms with E-state index in [1.54, 1.807) is 23.5 Å². The maximum Gasteiger partial charge on any atom is 0.250 e. The van der Waals surface area contributed by atoms with E-state index in [0.29, 0.717) is 10.7 Å². The van der Waals surface area contributed by atoms with E-state index in [4.69, 9.17) is 9.97 Å². The smallest absolute Gasteiger partial charge is 0.250 e. The van der Waals surface area contributed by atoms with E-state index in [0.717, 1.165) is 40.2 Å². The Morgan fingerprint density at radius 1 is 1.06 bits per heavy atom. The molecule has 0 saturated carbocycles. The molecule has 0 bridgehead atoms. The molecule has 164 valence electrons. The zero-order chi connectivity index (χ0) is 22.6. The fraction of sp³-hybridized carbons (Fsp3) is 0.120. The zero-order valence-corrected chi connectivity index (χ0v) is 19.1. The Hall–Kier alpha value is -3.36. The maximum absolute atomic E-state index is 13.0. The van der Waals surface area contributed by atoms with E-state index in [-0.39, 0.29) is 17.5 Å². The minimum atomic E-state index is -0.317. The molecule has 4 aromatic rings. The summed E-state index contributed by atoms with van der Waals surface area (Å²) in [5.41, 5.74) is 8.67. The number of hydrazone groups is 1. The van der Waals surface area contributed by atoms with Gasteiger partial charge in [-0.15, -0.1) is 11.3 Å². The first kappa shape index (κ1) is 21.5. The normalized spacial score (nSPS) is 12.4. The number of fused-ring (bicyclic) bond motifs is 3. The monoisotopic (exact) mass is 474 g/mol. The topological polar surface area (TPSA) is 67.2 Å². The van der Waals surface area contributed by atoms with Gasteiger partial charge in [-0.1, -0.05) is 54.2 Å². The van der Waals surface area contributed by atoms with Gasteiger partial charge in [0, 0.05) is 11.1 Å². The number of nitrogens with zero attached hydrogens (tertiary/aromatic N) is 3. The van der Waals surface area contributed by atoms with Gasteiger partial charge in [0.1, 0.15) is 5.82 Å². The third kappa shape index (κ3) is 4.86. The highest BCUT2D eigenvalue weighted by Crippen LogP contribution is 2.39. The van der Waals surface area contributed by atoms with Crippen molar-refractivity contribution in [3.8, 4) is 21.8 Å². The van der Waals surface area contributed by atoms with Gasteiger partial charge >= 0.3 is 0 Å². The second kappa shape index (κ2) is 9.64. The third-order valence-electron chi connectivity index (χ3n) is 5.26. The molecule has 1 aliphatic rings. The van der Waals surface area contributed by atoms with Crippen molar-refractivity contribution in [1.29, 1.82) is 0 Å². The highest BCUT2D eigenvalue weighted by molar-refractivity contribution is 7.99.